The summed E-state index contributed by atoms with van der Waals surface area (Å²) in [4.78, 5) is 36.3. The van der Waals surface area contributed by atoms with E-state index in [1.807, 2.05) is 0 Å². The van der Waals surface area contributed by atoms with Crippen LogP contribution in [0.4, 0.5) is 0 Å². The SMILES string of the molecule is COc1cc(C(=O)NNC(=O)CNC(=O)c2cccs2)cc(OC)c1OC. The molecule has 0 saturated carbocycles. The molecule has 0 aliphatic carbocycles. The fraction of sp³-hybridized carbons (Fsp3) is 0.235. The summed E-state index contributed by atoms with van der Waals surface area (Å²) >= 11 is 1.26. The zero-order valence-electron chi connectivity index (χ0n) is 15.0. The minimum absolute atomic E-state index is 0.187. The van der Waals surface area contributed by atoms with Crippen molar-refractivity contribution in [1.82, 2.24) is 16.2 Å². The molecule has 0 unspecified atom stereocenters. The van der Waals surface area contributed by atoms with Crippen molar-refractivity contribution in [2.75, 3.05) is 27.9 Å². The minimum Gasteiger partial charge on any atom is -0.493 e. The molecule has 2 aromatic rings. The predicted octanol–water partition coefficient (Wildman–Crippen LogP) is 0.965. The summed E-state index contributed by atoms with van der Waals surface area (Å²) < 4.78 is 15.5. The summed E-state index contributed by atoms with van der Waals surface area (Å²) in [7, 11) is 4.30. The number of thiophene rings is 1. The third-order valence-corrected chi connectivity index (χ3v) is 4.27. The Morgan fingerprint density at radius 2 is 1.63 bits per heavy atom. The Labute approximate surface area is 159 Å². The first-order chi connectivity index (χ1) is 13.0. The van der Waals surface area contributed by atoms with Crippen LogP contribution in [-0.4, -0.2) is 45.6 Å². The fourth-order valence-electron chi connectivity index (χ4n) is 2.11. The van der Waals surface area contributed by atoms with E-state index in [4.69, 9.17) is 14.2 Å². The molecule has 3 N–H and O–H groups in total. The fourth-order valence-corrected chi connectivity index (χ4v) is 2.75. The van der Waals surface area contributed by atoms with Gasteiger partial charge in [0, 0.05) is 5.56 Å². The highest BCUT2D eigenvalue weighted by atomic mass is 32.1. The van der Waals surface area contributed by atoms with E-state index in [1.54, 1.807) is 17.5 Å². The van der Waals surface area contributed by atoms with Gasteiger partial charge >= 0.3 is 0 Å². The molecule has 1 aromatic carbocycles. The van der Waals surface area contributed by atoms with Crippen LogP contribution in [0.5, 0.6) is 17.2 Å². The van der Waals surface area contributed by atoms with Crippen LogP contribution in [-0.2, 0) is 4.79 Å². The Morgan fingerprint density at radius 3 is 2.15 bits per heavy atom. The number of hydrazine groups is 1. The van der Waals surface area contributed by atoms with Gasteiger partial charge in [0.05, 0.1) is 32.8 Å². The number of hydrogen-bond donors (Lipinski definition) is 3. The zero-order valence-corrected chi connectivity index (χ0v) is 15.8. The summed E-state index contributed by atoms with van der Waals surface area (Å²) in [5.41, 5.74) is 4.67. The number of hydrogen-bond acceptors (Lipinski definition) is 7. The molecular weight excluding hydrogens is 374 g/mol. The van der Waals surface area contributed by atoms with Gasteiger partial charge in [-0.1, -0.05) is 6.07 Å². The van der Waals surface area contributed by atoms with E-state index in [9.17, 15) is 14.4 Å². The molecule has 0 atom stereocenters. The maximum absolute atomic E-state index is 12.2. The second-order valence-corrected chi connectivity index (χ2v) is 6.02. The molecule has 0 aliphatic heterocycles. The maximum atomic E-state index is 12.2. The van der Waals surface area contributed by atoms with Gasteiger partial charge in [0.15, 0.2) is 11.5 Å². The highest BCUT2D eigenvalue weighted by molar-refractivity contribution is 7.12. The predicted molar refractivity (Wildman–Crippen MR) is 98.4 cm³/mol. The number of methoxy groups -OCH3 is 3. The Morgan fingerprint density at radius 1 is 0.963 bits per heavy atom. The molecule has 0 bridgehead atoms. The van der Waals surface area contributed by atoms with Crippen LogP contribution in [0.2, 0.25) is 0 Å². The molecule has 0 fully saturated rings. The number of nitrogens with one attached hydrogen (secondary N) is 3. The van der Waals surface area contributed by atoms with Gasteiger partial charge in [-0.3, -0.25) is 25.2 Å². The summed E-state index contributed by atoms with van der Waals surface area (Å²) in [6.45, 7) is -0.285. The number of amides is 3. The Hall–Kier alpha value is -3.27. The van der Waals surface area contributed by atoms with Crippen LogP contribution >= 0.6 is 11.3 Å². The number of carbonyl (C=O) groups excluding carboxylic acids is 3. The van der Waals surface area contributed by atoms with E-state index >= 15 is 0 Å². The smallest absolute Gasteiger partial charge is 0.269 e. The molecule has 1 aromatic heterocycles. The summed E-state index contributed by atoms with van der Waals surface area (Å²) in [6.07, 6.45) is 0. The van der Waals surface area contributed by atoms with E-state index < -0.39 is 11.8 Å². The number of rotatable bonds is 7. The molecule has 10 heteroatoms. The molecule has 3 amide bonds. The van der Waals surface area contributed by atoms with Crippen molar-refractivity contribution in [1.29, 1.82) is 0 Å². The van der Waals surface area contributed by atoms with Crippen LogP contribution in [0, 0.1) is 0 Å². The molecule has 144 valence electrons. The topological polar surface area (TPSA) is 115 Å². The quantitative estimate of drug-likeness (QED) is 0.604. The average molecular weight is 393 g/mol. The van der Waals surface area contributed by atoms with Crippen LogP contribution < -0.4 is 30.4 Å². The van der Waals surface area contributed by atoms with E-state index in [-0.39, 0.29) is 18.0 Å². The summed E-state index contributed by atoms with van der Waals surface area (Å²) in [6, 6.07) is 6.27. The highest BCUT2D eigenvalue weighted by Crippen LogP contribution is 2.38. The first-order valence-corrected chi connectivity index (χ1v) is 8.59. The van der Waals surface area contributed by atoms with E-state index in [0.717, 1.165) is 0 Å². The van der Waals surface area contributed by atoms with Crippen molar-refractivity contribution >= 4 is 29.1 Å². The standard InChI is InChI=1S/C17H19N3O6S/c1-24-11-7-10(8-12(25-2)15(11)26-3)16(22)20-19-14(21)9-18-17(23)13-5-4-6-27-13/h4-8H,9H2,1-3H3,(H,18,23)(H,19,21)(H,20,22). The van der Waals surface area contributed by atoms with Gasteiger partial charge < -0.3 is 19.5 Å². The molecule has 0 saturated heterocycles. The van der Waals surface area contributed by atoms with Gasteiger partial charge in [0.2, 0.25) is 5.75 Å². The van der Waals surface area contributed by atoms with Crippen molar-refractivity contribution in [3.8, 4) is 17.2 Å². The van der Waals surface area contributed by atoms with Gasteiger partial charge in [0.1, 0.15) is 0 Å². The van der Waals surface area contributed by atoms with Crippen LogP contribution in [0.1, 0.15) is 20.0 Å². The Kier molecular flexibility index (Phi) is 7.00. The Balaban J connectivity index is 1.93. The van der Waals surface area contributed by atoms with Crippen LogP contribution in [0.15, 0.2) is 29.6 Å². The molecule has 27 heavy (non-hydrogen) atoms. The lowest BCUT2D eigenvalue weighted by molar-refractivity contribution is -0.120. The number of carbonyl (C=O) groups is 3. The third-order valence-electron chi connectivity index (χ3n) is 3.40. The van der Waals surface area contributed by atoms with Crippen molar-refractivity contribution in [3.05, 3.63) is 40.1 Å². The number of ether oxygens (including phenoxy) is 3. The van der Waals surface area contributed by atoms with Crippen LogP contribution in [0.3, 0.4) is 0 Å². The third kappa shape index (κ3) is 5.11. The molecule has 9 nitrogen and oxygen atoms in total. The summed E-state index contributed by atoms with van der Waals surface area (Å²) in [5.74, 6) is -0.589. The molecule has 2 rings (SSSR count). The molecule has 0 radical (unpaired) electrons. The largest absolute Gasteiger partial charge is 0.493 e. The van der Waals surface area contributed by atoms with Crippen molar-refractivity contribution in [2.45, 2.75) is 0 Å². The summed E-state index contributed by atoms with van der Waals surface area (Å²) in [5, 5.41) is 4.21. The van der Waals surface area contributed by atoms with Gasteiger partial charge in [-0.05, 0) is 23.6 Å². The average Bonchev–Trinajstić information content (AvgIpc) is 3.23. The first kappa shape index (κ1) is 20.0. The number of benzene rings is 1. The lowest BCUT2D eigenvalue weighted by atomic mass is 10.1. The second-order valence-electron chi connectivity index (χ2n) is 5.08. The van der Waals surface area contributed by atoms with E-state index in [0.29, 0.717) is 22.1 Å². The Bertz CT molecular complexity index is 797. The molecular formula is C17H19N3O6S. The normalized spacial score (nSPS) is 9.89. The zero-order chi connectivity index (χ0) is 19.8. The van der Waals surface area contributed by atoms with Gasteiger partial charge in [-0.25, -0.2) is 0 Å². The monoisotopic (exact) mass is 393 g/mol. The van der Waals surface area contributed by atoms with E-state index in [1.165, 1.54) is 44.8 Å². The lowest BCUT2D eigenvalue weighted by Crippen LogP contribution is -2.46. The van der Waals surface area contributed by atoms with Crippen molar-refractivity contribution in [2.24, 2.45) is 0 Å². The first-order valence-electron chi connectivity index (χ1n) is 7.71. The van der Waals surface area contributed by atoms with E-state index in [2.05, 4.69) is 16.2 Å². The molecule has 0 aliphatic rings. The van der Waals surface area contributed by atoms with Crippen LogP contribution in [0.25, 0.3) is 0 Å². The second kappa shape index (κ2) is 9.43. The lowest BCUT2D eigenvalue weighted by Gasteiger charge is -2.14. The van der Waals surface area contributed by atoms with Crippen molar-refractivity contribution in [3.63, 3.8) is 0 Å². The van der Waals surface area contributed by atoms with Gasteiger partial charge in [0.25, 0.3) is 17.7 Å². The van der Waals surface area contributed by atoms with Gasteiger partial charge in [-0.2, -0.15) is 0 Å². The molecule has 1 heterocycles. The maximum Gasteiger partial charge on any atom is 0.269 e. The molecule has 0 spiro atoms. The van der Waals surface area contributed by atoms with Gasteiger partial charge in [-0.15, -0.1) is 11.3 Å². The highest BCUT2D eigenvalue weighted by Gasteiger charge is 2.17. The minimum atomic E-state index is -0.591. The van der Waals surface area contributed by atoms with Crippen molar-refractivity contribution < 1.29 is 28.6 Å².